The van der Waals surface area contributed by atoms with Gasteiger partial charge < -0.3 is 19.3 Å². The minimum Gasteiger partial charge on any atom is -0.504 e. The molecule has 0 saturated carbocycles. The molecule has 4 heteroatoms. The summed E-state index contributed by atoms with van der Waals surface area (Å²) in [7, 11) is 4.79. The Morgan fingerprint density at radius 1 is 0.909 bits per heavy atom. The molecule has 2 rings (SSSR count). The van der Waals surface area contributed by atoms with Crippen molar-refractivity contribution in [3.05, 3.63) is 60.7 Å². The molecule has 0 amide bonds. The van der Waals surface area contributed by atoms with Gasteiger partial charge in [-0.05, 0) is 36.2 Å². The third kappa shape index (κ3) is 5.05. The third-order valence-electron chi connectivity index (χ3n) is 2.91. The van der Waals surface area contributed by atoms with E-state index in [-0.39, 0.29) is 5.75 Å². The lowest BCUT2D eigenvalue weighted by Gasteiger charge is -2.08. The number of rotatable bonds is 5. The number of benzene rings is 2. The van der Waals surface area contributed by atoms with Gasteiger partial charge in [0.05, 0.1) is 21.3 Å². The van der Waals surface area contributed by atoms with Crippen LogP contribution < -0.4 is 14.2 Å². The second kappa shape index (κ2) is 9.34. The average Bonchev–Trinajstić information content (AvgIpc) is 2.56. The highest BCUT2D eigenvalue weighted by Gasteiger charge is 2.02. The van der Waals surface area contributed by atoms with E-state index in [1.54, 1.807) is 38.5 Å². The predicted molar refractivity (Wildman–Crippen MR) is 88.1 cm³/mol. The average molecular weight is 302 g/mol. The molecule has 0 radical (unpaired) electrons. The molecule has 0 aliphatic carbocycles. The largest absolute Gasteiger partial charge is 0.504 e. The first-order valence-electron chi connectivity index (χ1n) is 6.80. The molecular weight excluding hydrogens is 280 g/mol. The summed E-state index contributed by atoms with van der Waals surface area (Å²) in [5.74, 6) is 2.22. The molecule has 0 atom stereocenters. The highest BCUT2D eigenvalue weighted by Crippen LogP contribution is 2.27. The monoisotopic (exact) mass is 302 g/mol. The molecule has 0 bridgehead atoms. The van der Waals surface area contributed by atoms with E-state index in [9.17, 15) is 0 Å². The normalized spacial score (nSPS) is 9.23. The zero-order valence-corrected chi connectivity index (χ0v) is 13.2. The van der Waals surface area contributed by atoms with Crippen molar-refractivity contribution in [1.82, 2.24) is 0 Å². The van der Waals surface area contributed by atoms with Crippen molar-refractivity contribution in [1.29, 1.82) is 0 Å². The fourth-order valence-corrected chi connectivity index (χ4v) is 1.80. The summed E-state index contributed by atoms with van der Waals surface area (Å²) >= 11 is 0. The molecular formula is C18H22O4. The maximum atomic E-state index is 8.99. The number of methoxy groups -OCH3 is 3. The fraction of sp³-hybridized carbons (Fsp3) is 0.222. The number of para-hydroxylation sites is 2. The first-order valence-corrected chi connectivity index (χ1v) is 6.80. The minimum atomic E-state index is 0.181. The Morgan fingerprint density at radius 2 is 1.55 bits per heavy atom. The van der Waals surface area contributed by atoms with Gasteiger partial charge in [0.2, 0.25) is 0 Å². The topological polar surface area (TPSA) is 47.9 Å². The number of allylic oxidation sites excluding steroid dienone is 1. The lowest BCUT2D eigenvalue weighted by molar-refractivity contribution is 0.354. The number of phenols is 1. The van der Waals surface area contributed by atoms with Crippen LogP contribution in [0.4, 0.5) is 0 Å². The van der Waals surface area contributed by atoms with E-state index in [2.05, 4.69) is 6.58 Å². The smallest absolute Gasteiger partial charge is 0.160 e. The summed E-state index contributed by atoms with van der Waals surface area (Å²) in [6.45, 7) is 3.68. The van der Waals surface area contributed by atoms with E-state index < -0.39 is 0 Å². The van der Waals surface area contributed by atoms with Crippen molar-refractivity contribution in [2.24, 2.45) is 0 Å². The second-order valence-electron chi connectivity index (χ2n) is 4.35. The Bertz CT molecular complexity index is 593. The Labute approximate surface area is 131 Å². The molecule has 2 aromatic rings. The van der Waals surface area contributed by atoms with Crippen LogP contribution in [0.2, 0.25) is 0 Å². The van der Waals surface area contributed by atoms with Crippen molar-refractivity contribution < 1.29 is 19.3 Å². The molecule has 0 heterocycles. The van der Waals surface area contributed by atoms with Gasteiger partial charge in [0.1, 0.15) is 0 Å². The maximum Gasteiger partial charge on any atom is 0.160 e. The molecule has 0 fully saturated rings. The zero-order valence-electron chi connectivity index (χ0n) is 13.2. The summed E-state index contributed by atoms with van der Waals surface area (Å²) in [5.41, 5.74) is 1.17. The van der Waals surface area contributed by atoms with Gasteiger partial charge in [-0.1, -0.05) is 24.3 Å². The van der Waals surface area contributed by atoms with Gasteiger partial charge in [-0.3, -0.25) is 0 Å². The summed E-state index contributed by atoms with van der Waals surface area (Å²) in [4.78, 5) is 0. The molecule has 22 heavy (non-hydrogen) atoms. The maximum absolute atomic E-state index is 8.99. The highest BCUT2D eigenvalue weighted by molar-refractivity contribution is 5.43. The van der Waals surface area contributed by atoms with Crippen LogP contribution in [0, 0.1) is 0 Å². The minimum absolute atomic E-state index is 0.181. The van der Waals surface area contributed by atoms with Gasteiger partial charge in [0, 0.05) is 0 Å². The highest BCUT2D eigenvalue weighted by atomic mass is 16.5. The lowest BCUT2D eigenvalue weighted by Crippen LogP contribution is -1.91. The Balaban J connectivity index is 0.000000235. The van der Waals surface area contributed by atoms with Crippen molar-refractivity contribution in [2.75, 3.05) is 21.3 Å². The van der Waals surface area contributed by atoms with E-state index in [0.29, 0.717) is 5.75 Å². The lowest BCUT2D eigenvalue weighted by atomic mass is 10.1. The van der Waals surface area contributed by atoms with E-state index in [4.69, 9.17) is 19.3 Å². The van der Waals surface area contributed by atoms with Crippen LogP contribution in [0.1, 0.15) is 5.56 Å². The van der Waals surface area contributed by atoms with Crippen LogP contribution in [0.15, 0.2) is 55.1 Å². The second-order valence-corrected chi connectivity index (χ2v) is 4.35. The summed E-state index contributed by atoms with van der Waals surface area (Å²) in [6.07, 6.45) is 2.71. The Hall–Kier alpha value is -2.62. The van der Waals surface area contributed by atoms with Crippen LogP contribution in [-0.2, 0) is 6.42 Å². The van der Waals surface area contributed by atoms with Gasteiger partial charge in [-0.2, -0.15) is 0 Å². The summed E-state index contributed by atoms with van der Waals surface area (Å²) in [6, 6.07) is 12.7. The molecule has 0 aliphatic rings. The van der Waals surface area contributed by atoms with E-state index in [1.165, 1.54) is 12.7 Å². The van der Waals surface area contributed by atoms with E-state index in [0.717, 1.165) is 17.9 Å². The van der Waals surface area contributed by atoms with Crippen LogP contribution in [-0.4, -0.2) is 26.4 Å². The van der Waals surface area contributed by atoms with Gasteiger partial charge in [0.25, 0.3) is 0 Å². The molecule has 2 aromatic carbocycles. The number of hydrogen-bond acceptors (Lipinski definition) is 4. The van der Waals surface area contributed by atoms with E-state index >= 15 is 0 Å². The molecule has 0 aliphatic heterocycles. The van der Waals surface area contributed by atoms with Crippen LogP contribution in [0.3, 0.4) is 0 Å². The molecule has 0 saturated heterocycles. The van der Waals surface area contributed by atoms with Crippen molar-refractivity contribution >= 4 is 0 Å². The molecule has 4 nitrogen and oxygen atoms in total. The predicted octanol–water partition coefficient (Wildman–Crippen LogP) is 3.83. The van der Waals surface area contributed by atoms with Crippen LogP contribution in [0.25, 0.3) is 0 Å². The fourth-order valence-electron chi connectivity index (χ4n) is 1.80. The third-order valence-corrected chi connectivity index (χ3v) is 2.91. The van der Waals surface area contributed by atoms with E-state index in [1.807, 2.05) is 24.3 Å². The summed E-state index contributed by atoms with van der Waals surface area (Å²) < 4.78 is 15.1. The van der Waals surface area contributed by atoms with Gasteiger partial charge >= 0.3 is 0 Å². The number of hydrogen-bond donors (Lipinski definition) is 1. The van der Waals surface area contributed by atoms with Crippen molar-refractivity contribution in [3.8, 4) is 23.0 Å². The standard InChI is InChI=1S/C11H14O2.C7H8O2/c1-4-5-9-6-7-10(12-2)11(8-9)13-3;1-9-7-5-3-2-4-6(7)8/h4,6-8H,1,5H2,2-3H3;2-5,8H,1H3. The molecule has 0 unspecified atom stereocenters. The summed E-state index contributed by atoms with van der Waals surface area (Å²) in [5, 5.41) is 8.99. The first-order chi connectivity index (χ1) is 10.7. The molecule has 1 N–H and O–H groups in total. The Morgan fingerprint density at radius 3 is 2.05 bits per heavy atom. The first kappa shape index (κ1) is 17.4. The van der Waals surface area contributed by atoms with Crippen LogP contribution >= 0.6 is 0 Å². The van der Waals surface area contributed by atoms with Gasteiger partial charge in [0.15, 0.2) is 23.0 Å². The molecule has 0 aromatic heterocycles. The zero-order chi connectivity index (χ0) is 16.4. The quantitative estimate of drug-likeness (QED) is 0.853. The number of aromatic hydroxyl groups is 1. The SMILES string of the molecule is C=CCc1ccc(OC)c(OC)c1.COc1ccccc1O. The van der Waals surface area contributed by atoms with Crippen molar-refractivity contribution in [2.45, 2.75) is 6.42 Å². The number of phenolic OH excluding ortho intramolecular Hbond substituents is 1. The van der Waals surface area contributed by atoms with Gasteiger partial charge in [-0.25, -0.2) is 0 Å². The molecule has 118 valence electrons. The Kier molecular flexibility index (Phi) is 7.40. The molecule has 0 spiro atoms. The van der Waals surface area contributed by atoms with Crippen LogP contribution in [0.5, 0.6) is 23.0 Å². The van der Waals surface area contributed by atoms with Gasteiger partial charge in [-0.15, -0.1) is 6.58 Å². The van der Waals surface area contributed by atoms with Crippen molar-refractivity contribution in [3.63, 3.8) is 0 Å². The number of ether oxygens (including phenoxy) is 3.